The molecule has 3 nitrogen and oxygen atoms in total. The zero-order valence-electron chi connectivity index (χ0n) is 11.2. The Balaban J connectivity index is 2.27. The molecular formula is C14H24N2O. The summed E-state index contributed by atoms with van der Waals surface area (Å²) >= 11 is 0. The van der Waals surface area contributed by atoms with Crippen LogP contribution in [0.15, 0.2) is 18.2 Å². The molecule has 0 aromatic heterocycles. The van der Waals surface area contributed by atoms with Gasteiger partial charge in [0.25, 0.3) is 0 Å². The molecule has 3 heteroatoms. The molecule has 0 aliphatic rings. The summed E-state index contributed by atoms with van der Waals surface area (Å²) in [6.07, 6.45) is 1.19. The van der Waals surface area contributed by atoms with Crippen LogP contribution in [0.25, 0.3) is 0 Å². The third-order valence-electron chi connectivity index (χ3n) is 2.71. The standard InChI is InChI=1S/C14H24N2O/c1-4-7-15-8-9-16-11-13-6-5-12(2)14(10-13)17-3/h5-6,10,15-16H,4,7-9,11H2,1-3H3. The van der Waals surface area contributed by atoms with Gasteiger partial charge in [0.1, 0.15) is 5.75 Å². The number of aryl methyl sites for hydroxylation is 1. The Hall–Kier alpha value is -1.06. The normalized spacial score (nSPS) is 10.5. The Kier molecular flexibility index (Phi) is 6.67. The van der Waals surface area contributed by atoms with Crippen LogP contribution in [-0.2, 0) is 6.54 Å². The Morgan fingerprint density at radius 3 is 2.59 bits per heavy atom. The highest BCUT2D eigenvalue weighted by molar-refractivity contribution is 5.36. The second kappa shape index (κ2) is 8.09. The number of rotatable bonds is 8. The van der Waals surface area contributed by atoms with Gasteiger partial charge in [-0.25, -0.2) is 0 Å². The van der Waals surface area contributed by atoms with Gasteiger partial charge in [0.2, 0.25) is 0 Å². The molecule has 96 valence electrons. The van der Waals surface area contributed by atoms with Crippen molar-refractivity contribution in [2.24, 2.45) is 0 Å². The first-order valence-electron chi connectivity index (χ1n) is 6.33. The smallest absolute Gasteiger partial charge is 0.122 e. The van der Waals surface area contributed by atoms with Crippen molar-refractivity contribution in [3.05, 3.63) is 29.3 Å². The molecule has 0 aliphatic carbocycles. The van der Waals surface area contributed by atoms with Gasteiger partial charge in [-0.15, -0.1) is 0 Å². The lowest BCUT2D eigenvalue weighted by molar-refractivity contribution is 0.411. The van der Waals surface area contributed by atoms with Crippen molar-refractivity contribution >= 4 is 0 Å². The fraction of sp³-hybridized carbons (Fsp3) is 0.571. The topological polar surface area (TPSA) is 33.3 Å². The Labute approximate surface area is 105 Å². The lowest BCUT2D eigenvalue weighted by Crippen LogP contribution is -2.27. The minimum absolute atomic E-state index is 0.893. The molecule has 1 aromatic rings. The summed E-state index contributed by atoms with van der Waals surface area (Å²) < 4.78 is 5.30. The highest BCUT2D eigenvalue weighted by Gasteiger charge is 1.99. The zero-order chi connectivity index (χ0) is 12.5. The second-order valence-electron chi connectivity index (χ2n) is 4.23. The summed E-state index contributed by atoms with van der Waals surface area (Å²) in [5, 5.41) is 6.78. The van der Waals surface area contributed by atoms with Crippen LogP contribution in [0, 0.1) is 6.92 Å². The number of methoxy groups -OCH3 is 1. The maximum absolute atomic E-state index is 5.30. The predicted octanol–water partition coefficient (Wildman–Crippen LogP) is 2.09. The minimum atomic E-state index is 0.893. The number of hydrogen-bond acceptors (Lipinski definition) is 3. The van der Waals surface area contributed by atoms with Crippen LogP contribution in [0.3, 0.4) is 0 Å². The monoisotopic (exact) mass is 236 g/mol. The number of nitrogens with one attached hydrogen (secondary N) is 2. The fourth-order valence-electron chi connectivity index (χ4n) is 1.69. The maximum Gasteiger partial charge on any atom is 0.122 e. The minimum Gasteiger partial charge on any atom is -0.496 e. The van der Waals surface area contributed by atoms with Gasteiger partial charge in [-0.2, -0.15) is 0 Å². The van der Waals surface area contributed by atoms with E-state index in [9.17, 15) is 0 Å². The molecule has 0 amide bonds. The molecule has 0 bridgehead atoms. The summed E-state index contributed by atoms with van der Waals surface area (Å²) in [6.45, 7) is 8.25. The van der Waals surface area contributed by atoms with E-state index >= 15 is 0 Å². The van der Waals surface area contributed by atoms with Crippen LogP contribution in [0.2, 0.25) is 0 Å². The summed E-state index contributed by atoms with van der Waals surface area (Å²) in [6, 6.07) is 6.34. The van der Waals surface area contributed by atoms with Crippen LogP contribution < -0.4 is 15.4 Å². The van der Waals surface area contributed by atoms with Crippen molar-refractivity contribution in [1.82, 2.24) is 10.6 Å². The molecule has 0 saturated heterocycles. The number of hydrogen-bond donors (Lipinski definition) is 2. The molecule has 0 spiro atoms. The Bertz CT molecular complexity index is 326. The van der Waals surface area contributed by atoms with Gasteiger partial charge in [-0.1, -0.05) is 19.1 Å². The molecule has 0 aliphatic heterocycles. The molecule has 0 unspecified atom stereocenters. The van der Waals surface area contributed by atoms with Crippen molar-refractivity contribution in [2.75, 3.05) is 26.7 Å². The molecule has 0 heterocycles. The third kappa shape index (κ3) is 5.20. The Morgan fingerprint density at radius 2 is 1.88 bits per heavy atom. The van der Waals surface area contributed by atoms with Crippen LogP contribution in [-0.4, -0.2) is 26.7 Å². The van der Waals surface area contributed by atoms with Gasteiger partial charge in [0.05, 0.1) is 7.11 Å². The lowest BCUT2D eigenvalue weighted by Gasteiger charge is -2.09. The second-order valence-corrected chi connectivity index (χ2v) is 4.23. The van der Waals surface area contributed by atoms with Gasteiger partial charge < -0.3 is 15.4 Å². The lowest BCUT2D eigenvalue weighted by atomic mass is 10.1. The average molecular weight is 236 g/mol. The fourth-order valence-corrected chi connectivity index (χ4v) is 1.69. The van der Waals surface area contributed by atoms with Gasteiger partial charge in [0.15, 0.2) is 0 Å². The van der Waals surface area contributed by atoms with E-state index in [-0.39, 0.29) is 0 Å². The molecule has 0 saturated carbocycles. The van der Waals surface area contributed by atoms with Crippen molar-refractivity contribution < 1.29 is 4.74 Å². The van der Waals surface area contributed by atoms with E-state index in [1.54, 1.807) is 7.11 Å². The highest BCUT2D eigenvalue weighted by Crippen LogP contribution is 2.18. The van der Waals surface area contributed by atoms with Crippen molar-refractivity contribution in [3.63, 3.8) is 0 Å². The Morgan fingerprint density at radius 1 is 1.12 bits per heavy atom. The van der Waals surface area contributed by atoms with Crippen molar-refractivity contribution in [2.45, 2.75) is 26.8 Å². The molecule has 1 aromatic carbocycles. The van der Waals surface area contributed by atoms with E-state index in [1.165, 1.54) is 17.5 Å². The first kappa shape index (κ1) is 14.0. The van der Waals surface area contributed by atoms with Gasteiger partial charge >= 0.3 is 0 Å². The molecule has 0 atom stereocenters. The van der Waals surface area contributed by atoms with E-state index < -0.39 is 0 Å². The van der Waals surface area contributed by atoms with Crippen molar-refractivity contribution in [1.29, 1.82) is 0 Å². The largest absolute Gasteiger partial charge is 0.496 e. The first-order chi connectivity index (χ1) is 8.27. The molecular weight excluding hydrogens is 212 g/mol. The number of benzene rings is 1. The zero-order valence-corrected chi connectivity index (χ0v) is 11.2. The van der Waals surface area contributed by atoms with Crippen LogP contribution in [0.4, 0.5) is 0 Å². The molecule has 0 fully saturated rings. The molecule has 1 rings (SSSR count). The molecule has 2 N–H and O–H groups in total. The van der Waals surface area contributed by atoms with E-state index in [0.29, 0.717) is 0 Å². The quantitative estimate of drug-likeness (QED) is 0.678. The summed E-state index contributed by atoms with van der Waals surface area (Å²) in [4.78, 5) is 0. The molecule has 0 radical (unpaired) electrons. The van der Waals surface area contributed by atoms with Crippen LogP contribution in [0.1, 0.15) is 24.5 Å². The van der Waals surface area contributed by atoms with Gasteiger partial charge in [0, 0.05) is 19.6 Å². The third-order valence-corrected chi connectivity index (χ3v) is 2.71. The van der Waals surface area contributed by atoms with Crippen LogP contribution in [0.5, 0.6) is 5.75 Å². The first-order valence-corrected chi connectivity index (χ1v) is 6.33. The van der Waals surface area contributed by atoms with E-state index in [0.717, 1.165) is 31.9 Å². The summed E-state index contributed by atoms with van der Waals surface area (Å²) in [5.41, 5.74) is 2.45. The molecule has 17 heavy (non-hydrogen) atoms. The predicted molar refractivity (Wildman–Crippen MR) is 72.6 cm³/mol. The van der Waals surface area contributed by atoms with Gasteiger partial charge in [-0.05, 0) is 37.1 Å². The SMILES string of the molecule is CCCNCCNCc1ccc(C)c(OC)c1. The highest BCUT2D eigenvalue weighted by atomic mass is 16.5. The maximum atomic E-state index is 5.30. The van der Waals surface area contributed by atoms with E-state index in [2.05, 4.69) is 42.7 Å². The summed E-state index contributed by atoms with van der Waals surface area (Å²) in [7, 11) is 1.72. The van der Waals surface area contributed by atoms with Crippen LogP contribution >= 0.6 is 0 Å². The van der Waals surface area contributed by atoms with Gasteiger partial charge in [-0.3, -0.25) is 0 Å². The number of ether oxygens (including phenoxy) is 1. The van der Waals surface area contributed by atoms with Crippen molar-refractivity contribution in [3.8, 4) is 5.75 Å². The summed E-state index contributed by atoms with van der Waals surface area (Å²) in [5.74, 6) is 0.966. The van der Waals surface area contributed by atoms with E-state index in [1.807, 2.05) is 0 Å². The average Bonchev–Trinajstić information content (AvgIpc) is 2.35. The van der Waals surface area contributed by atoms with E-state index in [4.69, 9.17) is 4.74 Å².